The van der Waals surface area contributed by atoms with Crippen LogP contribution in [0.15, 0.2) is 35.8 Å². The first-order valence-electron chi connectivity index (χ1n) is 8.28. The molecule has 1 atom stereocenters. The second-order valence-electron chi connectivity index (χ2n) is 5.63. The zero-order chi connectivity index (χ0) is 17.6. The minimum atomic E-state index is -0.600. The maximum atomic E-state index is 12.5. The summed E-state index contributed by atoms with van der Waals surface area (Å²) in [5.74, 6) is -0.553. The Bertz CT molecular complexity index is 732. The highest BCUT2D eigenvalue weighted by atomic mass is 32.1. The molecule has 6 nitrogen and oxygen atoms in total. The van der Waals surface area contributed by atoms with Crippen LogP contribution in [0.4, 0.5) is 0 Å². The molecule has 3 rings (SSSR count). The number of hydrogen-bond acceptors (Lipinski definition) is 6. The summed E-state index contributed by atoms with van der Waals surface area (Å²) in [4.78, 5) is 31.8. The van der Waals surface area contributed by atoms with Gasteiger partial charge in [-0.15, -0.1) is 11.3 Å². The normalized spacial score (nSPS) is 16.7. The molecule has 0 N–H and O–H groups in total. The van der Waals surface area contributed by atoms with E-state index >= 15 is 0 Å². The Labute approximate surface area is 150 Å². The molecule has 1 aliphatic heterocycles. The van der Waals surface area contributed by atoms with Crippen molar-refractivity contribution in [1.82, 2.24) is 9.88 Å². The molecular formula is C18H20N2O4S. The van der Waals surface area contributed by atoms with Gasteiger partial charge < -0.3 is 14.4 Å². The monoisotopic (exact) mass is 360 g/mol. The summed E-state index contributed by atoms with van der Waals surface area (Å²) in [5, 5.41) is 2.01. The fourth-order valence-electron chi connectivity index (χ4n) is 2.93. The highest BCUT2D eigenvalue weighted by Gasteiger charge is 2.31. The van der Waals surface area contributed by atoms with Crippen LogP contribution in [0.25, 0.3) is 0 Å². The number of rotatable bonds is 6. The highest BCUT2D eigenvalue weighted by Crippen LogP contribution is 2.34. The number of likely N-dealkylation sites (tertiary alicyclic amines) is 1. The Hall–Kier alpha value is -2.41. The van der Waals surface area contributed by atoms with Gasteiger partial charge in [0.25, 0.3) is 5.91 Å². The van der Waals surface area contributed by atoms with E-state index in [1.165, 1.54) is 4.88 Å². The van der Waals surface area contributed by atoms with Crippen LogP contribution in [0.5, 0.6) is 5.88 Å². The minimum Gasteiger partial charge on any atom is -0.477 e. The average Bonchev–Trinajstić information content (AvgIpc) is 3.31. The Balaban J connectivity index is 1.61. The first-order valence-corrected chi connectivity index (χ1v) is 9.16. The maximum Gasteiger partial charge on any atom is 0.344 e. The first kappa shape index (κ1) is 17.4. The third-order valence-electron chi connectivity index (χ3n) is 4.04. The van der Waals surface area contributed by atoms with E-state index < -0.39 is 5.97 Å². The maximum absolute atomic E-state index is 12.5. The summed E-state index contributed by atoms with van der Waals surface area (Å²) in [5.41, 5.74) is 0.230. The topological polar surface area (TPSA) is 68.7 Å². The SMILES string of the molecule is CCOc1ncccc1C(=O)OCC(=O)N1CCCC1c1cccs1. The summed E-state index contributed by atoms with van der Waals surface area (Å²) in [6, 6.07) is 7.32. The van der Waals surface area contributed by atoms with Crippen molar-refractivity contribution < 1.29 is 19.1 Å². The number of hydrogen-bond donors (Lipinski definition) is 0. The van der Waals surface area contributed by atoms with Crippen molar-refractivity contribution in [2.75, 3.05) is 19.8 Å². The van der Waals surface area contributed by atoms with Crippen LogP contribution in [0, 0.1) is 0 Å². The Kier molecular flexibility index (Phi) is 5.65. The zero-order valence-electron chi connectivity index (χ0n) is 14.0. The van der Waals surface area contributed by atoms with Gasteiger partial charge in [0.2, 0.25) is 5.88 Å². The van der Waals surface area contributed by atoms with Crippen LogP contribution in [-0.2, 0) is 9.53 Å². The highest BCUT2D eigenvalue weighted by molar-refractivity contribution is 7.10. The van der Waals surface area contributed by atoms with Crippen LogP contribution in [-0.4, -0.2) is 41.5 Å². The molecule has 0 aliphatic carbocycles. The van der Waals surface area contributed by atoms with Crippen molar-refractivity contribution in [3.8, 4) is 5.88 Å². The van der Waals surface area contributed by atoms with Crippen molar-refractivity contribution in [2.45, 2.75) is 25.8 Å². The number of ether oxygens (including phenoxy) is 2. The van der Waals surface area contributed by atoms with E-state index in [1.807, 2.05) is 24.4 Å². The second kappa shape index (κ2) is 8.11. The predicted molar refractivity (Wildman–Crippen MR) is 93.7 cm³/mol. The summed E-state index contributed by atoms with van der Waals surface area (Å²) < 4.78 is 10.5. The van der Waals surface area contributed by atoms with Crippen molar-refractivity contribution >= 4 is 23.2 Å². The molecule has 132 valence electrons. The molecule has 1 unspecified atom stereocenters. The molecule has 3 heterocycles. The van der Waals surface area contributed by atoms with Gasteiger partial charge in [-0.3, -0.25) is 4.79 Å². The predicted octanol–water partition coefficient (Wildman–Crippen LogP) is 3.06. The lowest BCUT2D eigenvalue weighted by molar-refractivity contribution is -0.135. The number of carbonyl (C=O) groups is 2. The molecule has 2 aromatic rings. The van der Waals surface area contributed by atoms with Crippen molar-refractivity contribution in [3.05, 3.63) is 46.3 Å². The molecule has 0 spiro atoms. The third-order valence-corrected chi connectivity index (χ3v) is 5.02. The van der Waals surface area contributed by atoms with Gasteiger partial charge in [-0.2, -0.15) is 0 Å². The van der Waals surface area contributed by atoms with E-state index in [-0.39, 0.29) is 30.0 Å². The largest absolute Gasteiger partial charge is 0.477 e. The Morgan fingerprint density at radius 1 is 1.36 bits per heavy atom. The second-order valence-corrected chi connectivity index (χ2v) is 6.61. The molecule has 1 saturated heterocycles. The number of nitrogens with zero attached hydrogens (tertiary/aromatic N) is 2. The zero-order valence-corrected chi connectivity index (χ0v) is 14.8. The van der Waals surface area contributed by atoms with Crippen LogP contribution >= 0.6 is 11.3 Å². The number of thiophene rings is 1. The number of amides is 1. The quantitative estimate of drug-likeness (QED) is 0.741. The third kappa shape index (κ3) is 3.99. The van der Waals surface area contributed by atoms with Crippen LogP contribution in [0.2, 0.25) is 0 Å². The van der Waals surface area contributed by atoms with Crippen molar-refractivity contribution in [3.63, 3.8) is 0 Å². The van der Waals surface area contributed by atoms with Crippen LogP contribution in [0.3, 0.4) is 0 Å². The van der Waals surface area contributed by atoms with E-state index in [0.717, 1.165) is 12.8 Å². The average molecular weight is 360 g/mol. The van der Waals surface area contributed by atoms with Gasteiger partial charge in [0, 0.05) is 17.6 Å². The Morgan fingerprint density at radius 2 is 2.24 bits per heavy atom. The lowest BCUT2D eigenvalue weighted by Gasteiger charge is -2.23. The molecule has 1 fully saturated rings. The van der Waals surface area contributed by atoms with Gasteiger partial charge in [-0.05, 0) is 43.3 Å². The first-order chi connectivity index (χ1) is 12.2. The summed E-state index contributed by atoms with van der Waals surface area (Å²) in [7, 11) is 0. The number of esters is 1. The van der Waals surface area contributed by atoms with E-state index in [0.29, 0.717) is 13.2 Å². The molecule has 7 heteroatoms. The summed E-state index contributed by atoms with van der Waals surface area (Å²) in [6.07, 6.45) is 3.44. The fraction of sp³-hybridized carbons (Fsp3) is 0.389. The number of pyridine rings is 1. The van der Waals surface area contributed by atoms with E-state index in [1.54, 1.807) is 34.6 Å². The molecule has 25 heavy (non-hydrogen) atoms. The van der Waals surface area contributed by atoms with Gasteiger partial charge in [0.15, 0.2) is 6.61 Å². The lowest BCUT2D eigenvalue weighted by atomic mass is 10.2. The molecule has 1 amide bonds. The Morgan fingerprint density at radius 3 is 3.00 bits per heavy atom. The summed E-state index contributed by atoms with van der Waals surface area (Å²) in [6.45, 7) is 2.62. The molecule has 0 saturated carbocycles. The molecule has 0 bridgehead atoms. The molecular weight excluding hydrogens is 340 g/mol. The lowest BCUT2D eigenvalue weighted by Crippen LogP contribution is -2.34. The van der Waals surface area contributed by atoms with Crippen molar-refractivity contribution in [2.24, 2.45) is 0 Å². The standard InChI is InChI=1S/C18H20N2O4S/c1-2-23-17-13(6-3-9-19-17)18(22)24-12-16(21)20-10-4-7-14(20)15-8-5-11-25-15/h3,5-6,8-9,11,14H,2,4,7,10,12H2,1H3. The van der Waals surface area contributed by atoms with E-state index in [2.05, 4.69) is 4.98 Å². The molecule has 0 aromatic carbocycles. The number of carbonyl (C=O) groups excluding carboxylic acids is 2. The molecule has 2 aromatic heterocycles. The van der Waals surface area contributed by atoms with Gasteiger partial charge in [0.05, 0.1) is 12.6 Å². The van der Waals surface area contributed by atoms with Gasteiger partial charge in [-0.1, -0.05) is 6.07 Å². The smallest absolute Gasteiger partial charge is 0.344 e. The minimum absolute atomic E-state index is 0.0866. The van der Waals surface area contributed by atoms with Gasteiger partial charge in [0.1, 0.15) is 5.56 Å². The van der Waals surface area contributed by atoms with Crippen LogP contribution in [0.1, 0.15) is 41.0 Å². The van der Waals surface area contributed by atoms with Crippen molar-refractivity contribution in [1.29, 1.82) is 0 Å². The van der Waals surface area contributed by atoms with E-state index in [4.69, 9.17) is 9.47 Å². The molecule has 0 radical (unpaired) electrons. The number of aromatic nitrogens is 1. The van der Waals surface area contributed by atoms with E-state index in [9.17, 15) is 9.59 Å². The van der Waals surface area contributed by atoms with Crippen LogP contribution < -0.4 is 4.74 Å². The fourth-order valence-corrected chi connectivity index (χ4v) is 3.80. The molecule has 1 aliphatic rings. The van der Waals surface area contributed by atoms with Gasteiger partial charge >= 0.3 is 5.97 Å². The summed E-state index contributed by atoms with van der Waals surface area (Å²) >= 11 is 1.64. The van der Waals surface area contributed by atoms with Gasteiger partial charge in [-0.25, -0.2) is 9.78 Å².